The third-order valence-electron chi connectivity index (χ3n) is 6.68. The fraction of sp³-hybridized carbons (Fsp3) is 0.320. The second-order valence-corrected chi connectivity index (χ2v) is 12.1. The van der Waals surface area contributed by atoms with Crippen molar-refractivity contribution in [2.24, 2.45) is 0 Å². The summed E-state index contributed by atoms with van der Waals surface area (Å²) in [6.45, 7) is 0.521. The van der Waals surface area contributed by atoms with Crippen LogP contribution in [0.4, 0.5) is 19.0 Å². The van der Waals surface area contributed by atoms with Crippen LogP contribution in [0.3, 0.4) is 0 Å². The number of nitrogens with one attached hydrogen (secondary N) is 1. The molecule has 0 atom stereocenters. The highest BCUT2D eigenvalue weighted by atomic mass is 79.9. The van der Waals surface area contributed by atoms with Crippen molar-refractivity contribution in [3.63, 3.8) is 0 Å². The fourth-order valence-electron chi connectivity index (χ4n) is 4.78. The minimum Gasteiger partial charge on any atom is -0.366 e. The maximum Gasteiger partial charge on any atom is 0.417 e. The zero-order valence-corrected chi connectivity index (χ0v) is 21.9. The van der Waals surface area contributed by atoms with Crippen molar-refractivity contribution < 1.29 is 21.6 Å². The lowest BCUT2D eigenvalue weighted by molar-refractivity contribution is -0.139. The van der Waals surface area contributed by atoms with Gasteiger partial charge in [-0.3, -0.25) is 4.98 Å². The van der Waals surface area contributed by atoms with E-state index >= 15 is 0 Å². The number of alkyl halides is 3. The summed E-state index contributed by atoms with van der Waals surface area (Å²) < 4.78 is 69.3. The highest BCUT2D eigenvalue weighted by Crippen LogP contribution is 2.41. The Hall–Kier alpha value is -2.99. The summed E-state index contributed by atoms with van der Waals surface area (Å²) in [5.41, 5.74) is 1.29. The average Bonchev–Trinajstić information content (AvgIpc) is 3.28. The maximum absolute atomic E-state index is 13.5. The van der Waals surface area contributed by atoms with Crippen molar-refractivity contribution in [3.05, 3.63) is 82.3 Å². The Labute approximate surface area is 220 Å². The minimum absolute atomic E-state index is 0.0324. The third-order valence-corrected chi connectivity index (χ3v) is 9.55. The summed E-state index contributed by atoms with van der Waals surface area (Å²) in [7, 11) is -4.14. The number of aromatic nitrogens is 4. The number of halogens is 4. The lowest BCUT2D eigenvalue weighted by Gasteiger charge is -2.29. The van der Waals surface area contributed by atoms with Crippen LogP contribution in [-0.2, 0) is 22.6 Å². The van der Waals surface area contributed by atoms with E-state index in [-0.39, 0.29) is 18.8 Å². The molecule has 4 aromatic rings. The quantitative estimate of drug-likeness (QED) is 0.294. The van der Waals surface area contributed by atoms with Gasteiger partial charge in [-0.25, -0.2) is 13.4 Å². The Balaban J connectivity index is 1.37. The summed E-state index contributed by atoms with van der Waals surface area (Å²) in [6.07, 6.45) is 1.89. The van der Waals surface area contributed by atoms with Gasteiger partial charge in [0.2, 0.25) is 0 Å². The van der Waals surface area contributed by atoms with E-state index in [1.807, 2.05) is 18.2 Å². The fourth-order valence-corrected chi connectivity index (χ4v) is 7.14. The summed E-state index contributed by atoms with van der Waals surface area (Å²) in [6, 6.07) is 10.1. The molecule has 1 aliphatic carbocycles. The van der Waals surface area contributed by atoms with E-state index in [2.05, 4.69) is 31.3 Å². The van der Waals surface area contributed by atoms with E-state index in [0.29, 0.717) is 25.0 Å². The number of sulfone groups is 1. The summed E-state index contributed by atoms with van der Waals surface area (Å²) in [5, 5.41) is 6.88. The van der Waals surface area contributed by atoms with Crippen LogP contribution >= 0.6 is 15.9 Å². The van der Waals surface area contributed by atoms with Gasteiger partial charge >= 0.3 is 6.18 Å². The molecule has 7 nitrogen and oxygen atoms in total. The molecule has 37 heavy (non-hydrogen) atoms. The van der Waals surface area contributed by atoms with Crippen LogP contribution in [0.5, 0.6) is 0 Å². The van der Waals surface area contributed by atoms with E-state index in [4.69, 9.17) is 4.98 Å². The van der Waals surface area contributed by atoms with Crippen molar-refractivity contribution >= 4 is 37.2 Å². The van der Waals surface area contributed by atoms with Gasteiger partial charge in [0.25, 0.3) is 0 Å². The maximum atomic E-state index is 13.5. The SMILES string of the molecule is O=S(=O)(c1ccccc1C(F)(F)F)C1CCC(c2cc(NCc3cccnc3)n3ncc(Br)c3n2)CC1. The molecule has 194 valence electrons. The summed E-state index contributed by atoms with van der Waals surface area (Å²) in [4.78, 5) is 8.25. The highest BCUT2D eigenvalue weighted by molar-refractivity contribution is 9.10. The predicted molar refractivity (Wildman–Crippen MR) is 136 cm³/mol. The highest BCUT2D eigenvalue weighted by Gasteiger charge is 2.40. The van der Waals surface area contributed by atoms with Gasteiger partial charge in [0.15, 0.2) is 15.5 Å². The van der Waals surface area contributed by atoms with Crippen LogP contribution in [0.15, 0.2) is 70.4 Å². The molecular weight excluding hydrogens is 571 g/mol. The second kappa shape index (κ2) is 10.1. The van der Waals surface area contributed by atoms with E-state index < -0.39 is 31.7 Å². The Morgan fingerprint density at radius 1 is 1.05 bits per heavy atom. The molecule has 1 aromatic carbocycles. The number of nitrogens with zero attached hydrogens (tertiary/aromatic N) is 4. The molecule has 3 heterocycles. The van der Waals surface area contributed by atoms with Crippen LogP contribution in [0.25, 0.3) is 5.65 Å². The topological polar surface area (TPSA) is 89.2 Å². The van der Waals surface area contributed by atoms with Crippen molar-refractivity contribution in [2.75, 3.05) is 5.32 Å². The van der Waals surface area contributed by atoms with Crippen LogP contribution < -0.4 is 5.32 Å². The van der Waals surface area contributed by atoms with Gasteiger partial charge in [0, 0.05) is 36.6 Å². The zero-order chi connectivity index (χ0) is 26.2. The molecule has 0 spiro atoms. The lowest BCUT2D eigenvalue weighted by Crippen LogP contribution is -2.28. The molecule has 0 unspecified atom stereocenters. The minimum atomic E-state index is -4.74. The monoisotopic (exact) mass is 593 g/mol. The molecule has 0 bridgehead atoms. The van der Waals surface area contributed by atoms with Crippen LogP contribution in [0.2, 0.25) is 0 Å². The van der Waals surface area contributed by atoms with Crippen LogP contribution in [-0.4, -0.2) is 33.2 Å². The van der Waals surface area contributed by atoms with E-state index in [1.165, 1.54) is 12.1 Å². The molecule has 0 saturated heterocycles. The standard InChI is InChI=1S/C25H23BrF3N5O2S/c26-20-15-32-34-23(31-14-16-4-3-11-30-13-16)12-21(33-24(20)34)17-7-9-18(10-8-17)37(35,36)22-6-2-1-5-19(22)25(27,28)29/h1-6,11-13,15,17-18,31H,7-10,14H2. The van der Waals surface area contributed by atoms with Crippen molar-refractivity contribution in [3.8, 4) is 0 Å². The van der Waals surface area contributed by atoms with Gasteiger partial charge in [-0.15, -0.1) is 0 Å². The Kier molecular flexibility index (Phi) is 6.97. The smallest absolute Gasteiger partial charge is 0.366 e. The first kappa shape index (κ1) is 25.7. The van der Waals surface area contributed by atoms with Gasteiger partial charge in [-0.1, -0.05) is 18.2 Å². The summed E-state index contributed by atoms with van der Waals surface area (Å²) >= 11 is 3.48. The van der Waals surface area contributed by atoms with Gasteiger partial charge < -0.3 is 5.32 Å². The van der Waals surface area contributed by atoms with E-state index in [0.717, 1.165) is 33.7 Å². The Morgan fingerprint density at radius 3 is 2.51 bits per heavy atom. The largest absolute Gasteiger partial charge is 0.417 e. The molecule has 0 aliphatic heterocycles. The normalized spacial score (nSPS) is 18.7. The predicted octanol–water partition coefficient (Wildman–Crippen LogP) is 6.02. The van der Waals surface area contributed by atoms with Crippen molar-refractivity contribution in [1.82, 2.24) is 19.6 Å². The van der Waals surface area contributed by atoms with Gasteiger partial charge in [-0.2, -0.15) is 22.8 Å². The molecule has 1 fully saturated rings. The zero-order valence-electron chi connectivity index (χ0n) is 19.5. The molecule has 1 saturated carbocycles. The molecular formula is C25H23BrF3N5O2S. The first-order valence-corrected chi connectivity index (χ1v) is 14.1. The molecule has 1 aliphatic rings. The van der Waals surface area contributed by atoms with Crippen molar-refractivity contribution in [1.29, 1.82) is 0 Å². The molecule has 0 amide bonds. The summed E-state index contributed by atoms with van der Waals surface area (Å²) in [5.74, 6) is 0.693. The van der Waals surface area contributed by atoms with E-state index in [1.54, 1.807) is 23.1 Å². The molecule has 0 radical (unpaired) electrons. The lowest BCUT2D eigenvalue weighted by atomic mass is 9.86. The first-order valence-electron chi connectivity index (χ1n) is 11.7. The van der Waals surface area contributed by atoms with Crippen LogP contribution in [0.1, 0.15) is 48.4 Å². The van der Waals surface area contributed by atoms with Gasteiger partial charge in [-0.05, 0) is 65.4 Å². The number of rotatable bonds is 6. The Bertz CT molecular complexity index is 1520. The number of hydrogen-bond acceptors (Lipinski definition) is 6. The second-order valence-electron chi connectivity index (χ2n) is 9.02. The number of anilines is 1. The van der Waals surface area contributed by atoms with Gasteiger partial charge in [0.1, 0.15) is 5.82 Å². The first-order chi connectivity index (χ1) is 17.6. The van der Waals surface area contributed by atoms with Crippen molar-refractivity contribution in [2.45, 2.75) is 54.5 Å². The molecule has 5 rings (SSSR count). The van der Waals surface area contributed by atoms with E-state index in [9.17, 15) is 21.6 Å². The molecule has 12 heteroatoms. The number of fused-ring (bicyclic) bond motifs is 1. The Morgan fingerprint density at radius 2 is 1.81 bits per heavy atom. The van der Waals surface area contributed by atoms with Gasteiger partial charge in [0.05, 0.1) is 26.4 Å². The number of benzene rings is 1. The van der Waals surface area contributed by atoms with Crippen LogP contribution in [0, 0.1) is 0 Å². The number of pyridine rings is 1. The molecule has 3 aromatic heterocycles. The average molecular weight is 594 g/mol. The third kappa shape index (κ3) is 5.22. The molecule has 1 N–H and O–H groups in total. The number of hydrogen-bond donors (Lipinski definition) is 1.